The highest BCUT2D eigenvalue weighted by Gasteiger charge is 2.27. The van der Waals surface area contributed by atoms with Gasteiger partial charge in [-0.2, -0.15) is 5.10 Å². The second-order valence-electron chi connectivity index (χ2n) is 8.26. The Bertz CT molecular complexity index is 1090. The van der Waals surface area contributed by atoms with Crippen molar-refractivity contribution >= 4 is 12.0 Å². The fourth-order valence-corrected chi connectivity index (χ4v) is 4.34. The normalized spacial score (nSPS) is 15.5. The summed E-state index contributed by atoms with van der Waals surface area (Å²) in [5.41, 5.74) is 8.15. The van der Waals surface area contributed by atoms with Crippen LogP contribution in [0.15, 0.2) is 54.6 Å². The molecule has 154 valence electrons. The lowest BCUT2D eigenvalue weighted by molar-refractivity contribution is -0.126. The lowest BCUT2D eigenvalue weighted by Crippen LogP contribution is -2.28. The standard InChI is InChI=1S/C26H29N3O/c1-18-9-11-21(12-10-18)17-29-20(3)23(19(2)27-29)14-16-26(30)28(4)25-15-13-22-7-5-6-8-24(22)25/h5-12,14,16,25H,13,15,17H2,1-4H3/b16-14+. The Labute approximate surface area is 178 Å². The van der Waals surface area contributed by atoms with Gasteiger partial charge in [0.2, 0.25) is 5.91 Å². The van der Waals surface area contributed by atoms with Crippen LogP contribution in [0.1, 0.15) is 51.7 Å². The van der Waals surface area contributed by atoms with Gasteiger partial charge in [0.25, 0.3) is 0 Å². The third-order valence-electron chi connectivity index (χ3n) is 6.20. The van der Waals surface area contributed by atoms with E-state index < -0.39 is 0 Å². The maximum Gasteiger partial charge on any atom is 0.246 e. The van der Waals surface area contributed by atoms with Crippen molar-refractivity contribution in [2.45, 2.75) is 46.2 Å². The molecule has 1 aliphatic rings. The Balaban J connectivity index is 1.49. The highest BCUT2D eigenvalue weighted by Crippen LogP contribution is 2.34. The maximum atomic E-state index is 12.9. The van der Waals surface area contributed by atoms with Gasteiger partial charge in [0, 0.05) is 24.4 Å². The van der Waals surface area contributed by atoms with Crippen LogP contribution >= 0.6 is 0 Å². The first-order valence-electron chi connectivity index (χ1n) is 10.6. The van der Waals surface area contributed by atoms with Crippen LogP contribution in [0, 0.1) is 20.8 Å². The highest BCUT2D eigenvalue weighted by molar-refractivity contribution is 5.92. The van der Waals surface area contributed by atoms with Crippen LogP contribution in [0.4, 0.5) is 0 Å². The number of aromatic nitrogens is 2. The first kappa shape index (κ1) is 20.1. The molecule has 1 amide bonds. The lowest BCUT2D eigenvalue weighted by Gasteiger charge is -2.24. The SMILES string of the molecule is Cc1ccc(Cn2nc(C)c(/C=C/C(=O)N(C)C3CCc4ccccc43)c2C)cc1. The molecule has 1 atom stereocenters. The summed E-state index contributed by atoms with van der Waals surface area (Å²) in [4.78, 5) is 14.7. The Hall–Kier alpha value is -3.14. The van der Waals surface area contributed by atoms with E-state index in [2.05, 4.69) is 62.4 Å². The van der Waals surface area contributed by atoms with Gasteiger partial charge >= 0.3 is 0 Å². The number of amides is 1. The van der Waals surface area contributed by atoms with Crippen molar-refractivity contribution < 1.29 is 4.79 Å². The molecule has 0 saturated heterocycles. The number of likely N-dealkylation sites (N-methyl/N-ethyl adjacent to an activating group) is 1. The van der Waals surface area contributed by atoms with Gasteiger partial charge in [0.15, 0.2) is 0 Å². The van der Waals surface area contributed by atoms with E-state index >= 15 is 0 Å². The average molecular weight is 400 g/mol. The van der Waals surface area contributed by atoms with Crippen molar-refractivity contribution in [1.82, 2.24) is 14.7 Å². The molecule has 0 radical (unpaired) electrons. The van der Waals surface area contributed by atoms with Crippen molar-refractivity contribution in [3.05, 3.63) is 93.8 Å². The van der Waals surface area contributed by atoms with E-state index in [1.54, 1.807) is 6.08 Å². The summed E-state index contributed by atoms with van der Waals surface area (Å²) in [5.74, 6) is 0.0294. The molecule has 0 fully saturated rings. The minimum atomic E-state index is 0.0294. The molecule has 0 saturated carbocycles. The molecule has 3 aromatic rings. The van der Waals surface area contributed by atoms with E-state index in [0.29, 0.717) is 0 Å². The quantitative estimate of drug-likeness (QED) is 0.565. The van der Waals surface area contributed by atoms with Gasteiger partial charge in [-0.15, -0.1) is 0 Å². The predicted octanol–water partition coefficient (Wildman–Crippen LogP) is 5.02. The molecule has 0 aliphatic heterocycles. The van der Waals surface area contributed by atoms with Gasteiger partial charge in [-0.25, -0.2) is 0 Å². The zero-order chi connectivity index (χ0) is 21.3. The van der Waals surface area contributed by atoms with Crippen molar-refractivity contribution in [3.63, 3.8) is 0 Å². The topological polar surface area (TPSA) is 38.1 Å². The van der Waals surface area contributed by atoms with Crippen molar-refractivity contribution in [2.24, 2.45) is 0 Å². The van der Waals surface area contributed by atoms with Crippen molar-refractivity contribution in [1.29, 1.82) is 0 Å². The molecule has 1 aliphatic carbocycles. The highest BCUT2D eigenvalue weighted by atomic mass is 16.2. The van der Waals surface area contributed by atoms with E-state index in [0.717, 1.165) is 36.3 Å². The van der Waals surface area contributed by atoms with Gasteiger partial charge in [0.05, 0.1) is 18.3 Å². The van der Waals surface area contributed by atoms with Crippen molar-refractivity contribution in [2.75, 3.05) is 7.05 Å². The van der Waals surface area contributed by atoms with Gasteiger partial charge in [-0.3, -0.25) is 9.48 Å². The Morgan fingerprint density at radius 1 is 1.13 bits per heavy atom. The fraction of sp³-hybridized carbons (Fsp3) is 0.308. The van der Waals surface area contributed by atoms with Gasteiger partial charge in [-0.1, -0.05) is 54.1 Å². The maximum absolute atomic E-state index is 12.9. The summed E-state index contributed by atoms with van der Waals surface area (Å²) in [6, 6.07) is 17.1. The molecule has 1 unspecified atom stereocenters. The van der Waals surface area contributed by atoms with Crippen LogP contribution in [-0.2, 0) is 17.8 Å². The minimum Gasteiger partial charge on any atom is -0.335 e. The molecule has 4 heteroatoms. The number of hydrogen-bond acceptors (Lipinski definition) is 2. The molecule has 30 heavy (non-hydrogen) atoms. The van der Waals surface area contributed by atoms with Crippen LogP contribution in [0.25, 0.3) is 6.08 Å². The van der Waals surface area contributed by atoms with Crippen LogP contribution < -0.4 is 0 Å². The average Bonchev–Trinajstić information content (AvgIpc) is 3.28. The van der Waals surface area contributed by atoms with E-state index in [9.17, 15) is 4.79 Å². The van der Waals surface area contributed by atoms with Gasteiger partial charge in [0.1, 0.15) is 0 Å². The smallest absolute Gasteiger partial charge is 0.246 e. The predicted molar refractivity (Wildman–Crippen MR) is 121 cm³/mol. The molecule has 1 aromatic heterocycles. The monoisotopic (exact) mass is 399 g/mol. The number of rotatable bonds is 5. The number of hydrogen-bond donors (Lipinski definition) is 0. The zero-order valence-corrected chi connectivity index (χ0v) is 18.2. The minimum absolute atomic E-state index is 0.0294. The molecular weight excluding hydrogens is 370 g/mol. The summed E-state index contributed by atoms with van der Waals surface area (Å²) >= 11 is 0. The van der Waals surface area contributed by atoms with Crippen LogP contribution in [0.5, 0.6) is 0 Å². The summed E-state index contributed by atoms with van der Waals surface area (Å²) in [5, 5.41) is 4.70. The third-order valence-corrected chi connectivity index (χ3v) is 6.20. The molecule has 4 rings (SSSR count). The Morgan fingerprint density at radius 3 is 2.63 bits per heavy atom. The largest absolute Gasteiger partial charge is 0.335 e. The van der Waals surface area contributed by atoms with Crippen LogP contribution in [0.2, 0.25) is 0 Å². The fourth-order valence-electron chi connectivity index (χ4n) is 4.34. The molecule has 2 aromatic carbocycles. The number of carbonyl (C=O) groups is 1. The molecule has 0 bridgehead atoms. The second-order valence-corrected chi connectivity index (χ2v) is 8.26. The van der Waals surface area contributed by atoms with E-state index in [-0.39, 0.29) is 11.9 Å². The second kappa shape index (κ2) is 8.31. The van der Waals surface area contributed by atoms with Gasteiger partial charge < -0.3 is 4.90 Å². The lowest BCUT2D eigenvalue weighted by atomic mass is 10.1. The molecule has 4 nitrogen and oxygen atoms in total. The van der Waals surface area contributed by atoms with Crippen LogP contribution in [-0.4, -0.2) is 27.6 Å². The number of aryl methyl sites for hydroxylation is 3. The third kappa shape index (κ3) is 3.95. The Morgan fingerprint density at radius 2 is 1.87 bits per heavy atom. The summed E-state index contributed by atoms with van der Waals surface area (Å²) in [6.45, 7) is 6.89. The number of fused-ring (bicyclic) bond motifs is 1. The van der Waals surface area contributed by atoms with Crippen molar-refractivity contribution in [3.8, 4) is 0 Å². The number of nitrogens with zero attached hydrogens (tertiary/aromatic N) is 3. The molecule has 0 N–H and O–H groups in total. The van der Waals surface area contributed by atoms with E-state index in [4.69, 9.17) is 5.10 Å². The van der Waals surface area contributed by atoms with Crippen LogP contribution in [0.3, 0.4) is 0 Å². The molecule has 0 spiro atoms. The van der Waals surface area contributed by atoms with E-state index in [1.165, 1.54) is 22.3 Å². The summed E-state index contributed by atoms with van der Waals surface area (Å²) in [6.07, 6.45) is 5.63. The van der Waals surface area contributed by atoms with E-state index in [1.807, 2.05) is 29.6 Å². The molecular formula is C26H29N3O. The summed E-state index contributed by atoms with van der Waals surface area (Å²) in [7, 11) is 1.90. The van der Waals surface area contributed by atoms with Gasteiger partial charge in [-0.05, 0) is 56.4 Å². The first-order valence-corrected chi connectivity index (χ1v) is 10.6. The zero-order valence-electron chi connectivity index (χ0n) is 18.2. The Kier molecular flexibility index (Phi) is 5.58. The molecule has 1 heterocycles. The number of carbonyl (C=O) groups excluding carboxylic acids is 1. The summed E-state index contributed by atoms with van der Waals surface area (Å²) < 4.78 is 2.01. The first-order chi connectivity index (χ1) is 14.4. The number of benzene rings is 2.